The summed E-state index contributed by atoms with van der Waals surface area (Å²) >= 11 is 0. The van der Waals surface area contributed by atoms with Crippen LogP contribution in [-0.2, 0) is 10.9 Å². The number of aryl methyl sites for hydroxylation is 1. The van der Waals surface area contributed by atoms with E-state index in [4.69, 9.17) is 20.2 Å². The summed E-state index contributed by atoms with van der Waals surface area (Å²) in [6.45, 7) is 6.55. The summed E-state index contributed by atoms with van der Waals surface area (Å²) in [4.78, 5) is 21.3. The first-order valence-corrected chi connectivity index (χ1v) is 16.2. The number of nitrogens with zero attached hydrogens (tertiary/aromatic N) is 6. The van der Waals surface area contributed by atoms with Gasteiger partial charge in [-0.1, -0.05) is 6.92 Å². The number of aromatic nitrogens is 4. The zero-order valence-corrected chi connectivity index (χ0v) is 26.5. The van der Waals surface area contributed by atoms with Gasteiger partial charge in [-0.15, -0.1) is 0 Å². The van der Waals surface area contributed by atoms with Crippen LogP contribution in [-0.4, -0.2) is 94.1 Å². The standard InChI is InChI=1S/C32H39F5N8O2/c1-3-30(16-46-20-5-6-20)15-44(10-8-40-30)28-21-13-39-27(26-23(32(35,36)37)18(2)11-22(38)41-26)24(34)25(21)42-29(43-28)47-17-31-7-4-9-45(31)14-19(33)12-31/h11,13,19-20,40H,3-10,12,14-17H2,1-2H3,(H2,38,41)/t19-,30-,31?/m1/s1. The van der Waals surface area contributed by atoms with E-state index in [1.165, 1.54) is 13.1 Å². The average Bonchev–Trinajstić information content (AvgIpc) is 3.70. The molecule has 254 valence electrons. The number of halogens is 5. The highest BCUT2D eigenvalue weighted by atomic mass is 19.4. The van der Waals surface area contributed by atoms with E-state index in [-0.39, 0.29) is 41.0 Å². The predicted octanol–water partition coefficient (Wildman–Crippen LogP) is 4.83. The fourth-order valence-electron chi connectivity index (χ4n) is 7.45. The van der Waals surface area contributed by atoms with E-state index in [2.05, 4.69) is 32.1 Å². The van der Waals surface area contributed by atoms with E-state index in [1.54, 1.807) is 0 Å². The highest BCUT2D eigenvalue weighted by Crippen LogP contribution is 2.42. The second kappa shape index (κ2) is 11.9. The number of hydrogen-bond donors (Lipinski definition) is 2. The van der Waals surface area contributed by atoms with E-state index >= 15 is 4.39 Å². The lowest BCUT2D eigenvalue weighted by molar-refractivity contribution is -0.137. The van der Waals surface area contributed by atoms with E-state index in [9.17, 15) is 17.6 Å². The van der Waals surface area contributed by atoms with Gasteiger partial charge in [0.05, 0.1) is 34.7 Å². The number of nitrogens with two attached hydrogens (primary N) is 1. The van der Waals surface area contributed by atoms with Crippen LogP contribution in [0.3, 0.4) is 0 Å². The van der Waals surface area contributed by atoms with Crippen molar-refractivity contribution >= 4 is 22.5 Å². The Morgan fingerprint density at radius 1 is 1.13 bits per heavy atom. The number of piperazine rings is 1. The molecule has 6 heterocycles. The van der Waals surface area contributed by atoms with Crippen LogP contribution in [0.4, 0.5) is 33.6 Å². The molecule has 1 saturated carbocycles. The Morgan fingerprint density at radius 2 is 1.94 bits per heavy atom. The third-order valence-corrected chi connectivity index (χ3v) is 10.1. The molecule has 3 aromatic heterocycles. The molecule has 15 heteroatoms. The van der Waals surface area contributed by atoms with Gasteiger partial charge in [-0.05, 0) is 57.2 Å². The Kier molecular flexibility index (Phi) is 8.15. The second-order valence-electron chi connectivity index (χ2n) is 13.5. The molecule has 4 aliphatic rings. The van der Waals surface area contributed by atoms with Crippen molar-refractivity contribution in [1.82, 2.24) is 30.2 Å². The first-order valence-electron chi connectivity index (χ1n) is 16.2. The minimum atomic E-state index is -4.84. The third-order valence-electron chi connectivity index (χ3n) is 10.1. The van der Waals surface area contributed by atoms with Gasteiger partial charge in [0.1, 0.15) is 41.3 Å². The number of ether oxygens (including phenoxy) is 2. The molecule has 0 aromatic carbocycles. The third kappa shape index (κ3) is 6.06. The van der Waals surface area contributed by atoms with Crippen LogP contribution >= 0.6 is 0 Å². The van der Waals surface area contributed by atoms with Crippen molar-refractivity contribution in [2.24, 2.45) is 0 Å². The number of alkyl halides is 4. The molecule has 3 atom stereocenters. The quantitative estimate of drug-likeness (QED) is 0.309. The zero-order chi connectivity index (χ0) is 33.1. The van der Waals surface area contributed by atoms with E-state index in [0.717, 1.165) is 44.7 Å². The fraction of sp³-hybridized carbons (Fsp3) is 0.625. The van der Waals surface area contributed by atoms with Crippen molar-refractivity contribution < 1.29 is 31.4 Å². The number of nitrogen functional groups attached to an aromatic ring is 1. The fourth-order valence-corrected chi connectivity index (χ4v) is 7.45. The molecule has 10 nitrogen and oxygen atoms in total. The molecule has 1 aliphatic carbocycles. The van der Waals surface area contributed by atoms with Gasteiger partial charge in [0.2, 0.25) is 0 Å². The molecule has 0 spiro atoms. The Bertz CT molecular complexity index is 1670. The minimum Gasteiger partial charge on any atom is -0.461 e. The Hall–Kier alpha value is -3.43. The smallest absolute Gasteiger partial charge is 0.418 e. The number of hydrogen-bond acceptors (Lipinski definition) is 10. The zero-order valence-electron chi connectivity index (χ0n) is 26.5. The normalized spacial score (nSPS) is 26.7. The van der Waals surface area contributed by atoms with Crippen molar-refractivity contribution in [3.05, 3.63) is 29.2 Å². The largest absolute Gasteiger partial charge is 0.461 e. The van der Waals surface area contributed by atoms with E-state index in [0.29, 0.717) is 45.0 Å². The number of fused-ring (bicyclic) bond motifs is 2. The van der Waals surface area contributed by atoms with Crippen LogP contribution < -0.4 is 20.7 Å². The van der Waals surface area contributed by atoms with Crippen molar-refractivity contribution in [3.8, 4) is 17.4 Å². The van der Waals surface area contributed by atoms with Crippen LogP contribution in [0.1, 0.15) is 56.6 Å². The molecule has 1 unspecified atom stereocenters. The van der Waals surface area contributed by atoms with Crippen LogP contribution in [0.5, 0.6) is 6.01 Å². The van der Waals surface area contributed by atoms with Crippen LogP contribution in [0.15, 0.2) is 12.3 Å². The van der Waals surface area contributed by atoms with Gasteiger partial charge in [-0.3, -0.25) is 9.88 Å². The molecule has 0 radical (unpaired) electrons. The van der Waals surface area contributed by atoms with Crippen molar-refractivity contribution in [3.63, 3.8) is 0 Å². The van der Waals surface area contributed by atoms with Crippen molar-refractivity contribution in [2.75, 3.05) is 56.6 Å². The minimum absolute atomic E-state index is 0.0990. The molecule has 0 amide bonds. The summed E-state index contributed by atoms with van der Waals surface area (Å²) < 4.78 is 86.0. The van der Waals surface area contributed by atoms with Gasteiger partial charge in [-0.2, -0.15) is 23.1 Å². The summed E-state index contributed by atoms with van der Waals surface area (Å²) in [5, 5.41) is 3.81. The predicted molar refractivity (Wildman–Crippen MR) is 165 cm³/mol. The maximum absolute atomic E-state index is 16.6. The molecule has 4 fully saturated rings. The van der Waals surface area contributed by atoms with Gasteiger partial charge in [0, 0.05) is 38.8 Å². The summed E-state index contributed by atoms with van der Waals surface area (Å²) in [7, 11) is 0. The van der Waals surface area contributed by atoms with Crippen molar-refractivity contribution in [2.45, 2.75) is 81.9 Å². The Balaban J connectivity index is 1.32. The molecular formula is C32H39F5N8O2. The monoisotopic (exact) mass is 662 g/mol. The Morgan fingerprint density at radius 3 is 2.68 bits per heavy atom. The molecule has 3 N–H and O–H groups in total. The first-order chi connectivity index (χ1) is 22.4. The lowest BCUT2D eigenvalue weighted by atomic mass is 9.94. The molecule has 47 heavy (non-hydrogen) atoms. The van der Waals surface area contributed by atoms with Gasteiger partial charge in [0.25, 0.3) is 0 Å². The molecule has 3 aliphatic heterocycles. The Labute approximate surface area is 269 Å². The SMILES string of the molecule is CC[C@]1(COC2CC2)CN(c2nc(OCC34CCCN3C[C@H](F)C4)nc3c(F)c(-c4nc(N)cc(C)c4C(F)(F)F)ncc23)CCN1. The highest BCUT2D eigenvalue weighted by Gasteiger charge is 2.49. The van der Waals surface area contributed by atoms with Gasteiger partial charge >= 0.3 is 12.2 Å². The van der Waals surface area contributed by atoms with Gasteiger partial charge in [0.15, 0.2) is 5.82 Å². The molecule has 3 aromatic rings. The average molecular weight is 663 g/mol. The number of rotatable bonds is 9. The van der Waals surface area contributed by atoms with Crippen LogP contribution in [0.25, 0.3) is 22.3 Å². The van der Waals surface area contributed by atoms with E-state index < -0.39 is 46.2 Å². The summed E-state index contributed by atoms with van der Waals surface area (Å²) in [5.74, 6) is -0.956. The number of nitrogens with one attached hydrogen (secondary N) is 1. The van der Waals surface area contributed by atoms with Gasteiger partial charge in [-0.25, -0.2) is 13.8 Å². The van der Waals surface area contributed by atoms with Gasteiger partial charge < -0.3 is 25.4 Å². The number of anilines is 2. The maximum atomic E-state index is 16.6. The van der Waals surface area contributed by atoms with E-state index in [1.807, 2.05) is 4.90 Å². The topological polar surface area (TPSA) is 115 Å². The molecule has 0 bridgehead atoms. The first kappa shape index (κ1) is 32.1. The lowest BCUT2D eigenvalue weighted by Gasteiger charge is -2.44. The number of pyridine rings is 2. The van der Waals surface area contributed by atoms with Crippen molar-refractivity contribution in [1.29, 1.82) is 0 Å². The maximum Gasteiger partial charge on any atom is 0.418 e. The molecule has 3 saturated heterocycles. The summed E-state index contributed by atoms with van der Waals surface area (Å²) in [5.41, 5.74) is 1.96. The van der Waals surface area contributed by atoms with Crippen LogP contribution in [0.2, 0.25) is 0 Å². The molecular weight excluding hydrogens is 623 g/mol. The van der Waals surface area contributed by atoms with Crippen LogP contribution in [0, 0.1) is 12.7 Å². The summed E-state index contributed by atoms with van der Waals surface area (Å²) in [6.07, 6.45) is 0.505. The summed E-state index contributed by atoms with van der Waals surface area (Å²) in [6, 6.07) is 0.945. The highest BCUT2D eigenvalue weighted by molar-refractivity contribution is 5.92. The molecule has 7 rings (SSSR count). The lowest BCUT2D eigenvalue weighted by Crippen LogP contribution is -2.63. The second-order valence-corrected chi connectivity index (χ2v) is 13.5.